The minimum atomic E-state index is -0.187. The minimum Gasteiger partial charge on any atom is -0.379 e. The molecule has 0 spiro atoms. The third-order valence-electron chi connectivity index (χ3n) is 2.36. The van der Waals surface area contributed by atoms with Gasteiger partial charge in [-0.2, -0.15) is 0 Å². The maximum atomic E-state index is 11.3. The predicted octanol–water partition coefficient (Wildman–Crippen LogP) is -0.675. The molecule has 0 heterocycles. The van der Waals surface area contributed by atoms with Crippen LogP contribution < -0.4 is 10.6 Å². The molecule has 130 valence electrons. The van der Waals surface area contributed by atoms with Gasteiger partial charge >= 0.3 is 0 Å². The number of amides is 2. The van der Waals surface area contributed by atoms with E-state index in [0.717, 1.165) is 0 Å². The summed E-state index contributed by atoms with van der Waals surface area (Å²) in [5, 5.41) is 5.29. The van der Waals surface area contributed by atoms with Gasteiger partial charge in [0.25, 0.3) is 0 Å². The van der Waals surface area contributed by atoms with Gasteiger partial charge in [-0.15, -0.1) is 0 Å². The Morgan fingerprint density at radius 3 is 1.86 bits per heavy atom. The van der Waals surface area contributed by atoms with Gasteiger partial charge in [-0.3, -0.25) is 9.59 Å². The average Bonchev–Trinajstić information content (AvgIpc) is 2.50. The van der Waals surface area contributed by atoms with Crippen LogP contribution in [0.4, 0.5) is 0 Å². The molecule has 0 saturated carbocycles. The molecule has 0 aromatic rings. The Hall–Kier alpha value is -1.22. The summed E-state index contributed by atoms with van der Waals surface area (Å²) in [6, 6.07) is 0. The number of ether oxygens (including phenoxy) is 4. The molecule has 8 heteroatoms. The first-order chi connectivity index (χ1) is 10.7. The molecule has 2 amide bonds. The van der Waals surface area contributed by atoms with Gasteiger partial charge in [0.2, 0.25) is 11.8 Å². The predicted molar refractivity (Wildman–Crippen MR) is 80.6 cm³/mol. The van der Waals surface area contributed by atoms with Crippen molar-refractivity contribution in [3.63, 3.8) is 0 Å². The standard InChI is InChI=1S/C14H28N2O6/c1-3-15-13(17)11-22-10-8-20-6-5-16-14(18)12-21-9-7-19-4-2/h3-12H2,1-2H3,(H,15,17)(H,16,18). The SMILES string of the molecule is CCNC(=O)COCCOCCNC(=O)COCCOCC. The largest absolute Gasteiger partial charge is 0.379 e. The lowest BCUT2D eigenvalue weighted by Crippen LogP contribution is -2.31. The van der Waals surface area contributed by atoms with E-state index in [9.17, 15) is 9.59 Å². The molecule has 0 bridgehead atoms. The van der Waals surface area contributed by atoms with Gasteiger partial charge in [0.05, 0.1) is 33.0 Å². The summed E-state index contributed by atoms with van der Waals surface area (Å²) >= 11 is 0. The zero-order valence-electron chi connectivity index (χ0n) is 13.5. The van der Waals surface area contributed by atoms with Crippen molar-refractivity contribution in [2.75, 3.05) is 65.9 Å². The first kappa shape index (κ1) is 20.8. The van der Waals surface area contributed by atoms with Crippen LogP contribution in [0.25, 0.3) is 0 Å². The minimum absolute atomic E-state index is 0.0166. The molecule has 0 fully saturated rings. The second-order valence-electron chi connectivity index (χ2n) is 4.22. The Morgan fingerprint density at radius 2 is 1.27 bits per heavy atom. The van der Waals surface area contributed by atoms with Crippen LogP contribution >= 0.6 is 0 Å². The number of carbonyl (C=O) groups excluding carboxylic acids is 2. The molecule has 0 atom stereocenters. The van der Waals surface area contributed by atoms with Gasteiger partial charge < -0.3 is 29.6 Å². The van der Waals surface area contributed by atoms with Crippen LogP contribution in [-0.2, 0) is 28.5 Å². The van der Waals surface area contributed by atoms with Crippen LogP contribution in [0.5, 0.6) is 0 Å². The summed E-state index contributed by atoms with van der Waals surface area (Å²) in [5.41, 5.74) is 0. The summed E-state index contributed by atoms with van der Waals surface area (Å²) in [6.45, 7) is 7.43. The second kappa shape index (κ2) is 16.2. The quantitative estimate of drug-likeness (QED) is 0.388. The fraction of sp³-hybridized carbons (Fsp3) is 0.857. The van der Waals surface area contributed by atoms with Gasteiger partial charge in [-0.1, -0.05) is 0 Å². The number of rotatable bonds is 15. The van der Waals surface area contributed by atoms with Crippen molar-refractivity contribution in [3.8, 4) is 0 Å². The maximum Gasteiger partial charge on any atom is 0.246 e. The molecule has 0 aromatic carbocycles. The molecule has 0 rings (SSSR count). The van der Waals surface area contributed by atoms with Gasteiger partial charge in [0, 0.05) is 19.7 Å². The van der Waals surface area contributed by atoms with E-state index in [1.807, 2.05) is 13.8 Å². The highest BCUT2D eigenvalue weighted by molar-refractivity contribution is 5.77. The Kier molecular flexibility index (Phi) is 15.3. The molecule has 2 N–H and O–H groups in total. The first-order valence-corrected chi connectivity index (χ1v) is 7.55. The Morgan fingerprint density at radius 1 is 0.727 bits per heavy atom. The lowest BCUT2D eigenvalue weighted by Gasteiger charge is -2.08. The zero-order valence-corrected chi connectivity index (χ0v) is 13.5. The third-order valence-corrected chi connectivity index (χ3v) is 2.36. The lowest BCUT2D eigenvalue weighted by atomic mass is 10.5. The normalized spacial score (nSPS) is 10.5. The molecule has 0 aromatic heterocycles. The number of carbonyl (C=O) groups is 2. The van der Waals surface area contributed by atoms with Gasteiger partial charge in [0.1, 0.15) is 13.2 Å². The molecular weight excluding hydrogens is 292 g/mol. The van der Waals surface area contributed by atoms with Crippen molar-refractivity contribution < 1.29 is 28.5 Å². The molecule has 8 nitrogen and oxygen atoms in total. The smallest absolute Gasteiger partial charge is 0.246 e. The van der Waals surface area contributed by atoms with Crippen LogP contribution in [0.15, 0.2) is 0 Å². The molecule has 0 aliphatic rings. The third kappa shape index (κ3) is 15.2. The van der Waals surface area contributed by atoms with Crippen LogP contribution in [0.2, 0.25) is 0 Å². The molecule has 0 unspecified atom stereocenters. The Balaban J connectivity index is 3.21. The van der Waals surface area contributed by atoms with E-state index in [1.165, 1.54) is 0 Å². The number of hydrogen-bond donors (Lipinski definition) is 2. The van der Waals surface area contributed by atoms with Gasteiger partial charge in [-0.25, -0.2) is 0 Å². The van der Waals surface area contributed by atoms with Gasteiger partial charge in [0.15, 0.2) is 0 Å². The Bertz CT molecular complexity index is 289. The lowest BCUT2D eigenvalue weighted by molar-refractivity contribution is -0.127. The van der Waals surface area contributed by atoms with E-state index < -0.39 is 0 Å². The van der Waals surface area contributed by atoms with Crippen LogP contribution in [0.3, 0.4) is 0 Å². The highest BCUT2D eigenvalue weighted by atomic mass is 16.5. The fourth-order valence-corrected chi connectivity index (χ4v) is 1.37. The number of likely N-dealkylation sites (N-methyl/N-ethyl adjacent to an activating group) is 1. The summed E-state index contributed by atoms with van der Waals surface area (Å²) in [6.07, 6.45) is 0. The number of hydrogen-bond acceptors (Lipinski definition) is 6. The van der Waals surface area contributed by atoms with E-state index >= 15 is 0 Å². The van der Waals surface area contributed by atoms with Crippen LogP contribution in [0, 0.1) is 0 Å². The summed E-state index contributed by atoms with van der Waals surface area (Å²) in [5.74, 6) is -0.327. The van der Waals surface area contributed by atoms with Crippen molar-refractivity contribution >= 4 is 11.8 Å². The van der Waals surface area contributed by atoms with Crippen molar-refractivity contribution in [3.05, 3.63) is 0 Å². The highest BCUT2D eigenvalue weighted by Crippen LogP contribution is 1.81. The van der Waals surface area contributed by atoms with Crippen molar-refractivity contribution in [2.45, 2.75) is 13.8 Å². The Labute approximate surface area is 131 Å². The second-order valence-corrected chi connectivity index (χ2v) is 4.22. The summed E-state index contributed by atoms with van der Waals surface area (Å²) in [7, 11) is 0. The van der Waals surface area contributed by atoms with Crippen LogP contribution in [0.1, 0.15) is 13.8 Å². The number of nitrogens with one attached hydrogen (secondary N) is 2. The van der Waals surface area contributed by atoms with E-state index in [0.29, 0.717) is 52.7 Å². The molecule has 0 radical (unpaired) electrons. The van der Waals surface area contributed by atoms with Crippen molar-refractivity contribution in [1.29, 1.82) is 0 Å². The monoisotopic (exact) mass is 320 g/mol. The molecule has 0 aliphatic heterocycles. The average molecular weight is 320 g/mol. The van der Waals surface area contributed by atoms with Gasteiger partial charge in [-0.05, 0) is 13.8 Å². The van der Waals surface area contributed by atoms with Crippen molar-refractivity contribution in [2.24, 2.45) is 0 Å². The molecule has 0 aliphatic carbocycles. The van der Waals surface area contributed by atoms with E-state index in [-0.39, 0.29) is 25.0 Å². The topological polar surface area (TPSA) is 95.1 Å². The molecule has 22 heavy (non-hydrogen) atoms. The molecular formula is C14H28N2O6. The van der Waals surface area contributed by atoms with E-state index in [4.69, 9.17) is 18.9 Å². The highest BCUT2D eigenvalue weighted by Gasteiger charge is 2.01. The van der Waals surface area contributed by atoms with E-state index in [2.05, 4.69) is 10.6 Å². The van der Waals surface area contributed by atoms with Crippen molar-refractivity contribution in [1.82, 2.24) is 10.6 Å². The maximum absolute atomic E-state index is 11.3. The summed E-state index contributed by atoms with van der Waals surface area (Å²) in [4.78, 5) is 22.4. The van der Waals surface area contributed by atoms with E-state index in [1.54, 1.807) is 0 Å². The fourth-order valence-electron chi connectivity index (χ4n) is 1.37. The first-order valence-electron chi connectivity index (χ1n) is 7.55. The zero-order chi connectivity index (χ0) is 16.5. The summed E-state index contributed by atoms with van der Waals surface area (Å²) < 4.78 is 20.5. The molecule has 0 saturated heterocycles. The van der Waals surface area contributed by atoms with Crippen LogP contribution in [-0.4, -0.2) is 77.8 Å².